The summed E-state index contributed by atoms with van der Waals surface area (Å²) in [6, 6.07) is 9.45. The third-order valence-electron chi connectivity index (χ3n) is 6.90. The lowest BCUT2D eigenvalue weighted by molar-refractivity contribution is 0.104. The fourth-order valence-corrected chi connectivity index (χ4v) is 4.97. The van der Waals surface area contributed by atoms with Crippen LogP contribution in [0.5, 0.6) is 0 Å². The molecular formula is C25H31FN6O. The van der Waals surface area contributed by atoms with Gasteiger partial charge in [-0.3, -0.25) is 9.69 Å². The van der Waals surface area contributed by atoms with Gasteiger partial charge in [0.2, 0.25) is 0 Å². The number of aryl methyl sites for hydroxylation is 2. The number of anilines is 1. The van der Waals surface area contributed by atoms with Gasteiger partial charge in [-0.25, -0.2) is 18.6 Å². The highest BCUT2D eigenvalue weighted by Crippen LogP contribution is 2.33. The third-order valence-corrected chi connectivity index (χ3v) is 6.90. The maximum Gasteiger partial charge on any atom is 0.267 e. The molecule has 0 saturated carbocycles. The Balaban J connectivity index is 1.70. The van der Waals surface area contributed by atoms with Crippen molar-refractivity contribution in [3.05, 3.63) is 63.5 Å². The van der Waals surface area contributed by atoms with Crippen molar-refractivity contribution in [2.75, 3.05) is 18.0 Å². The van der Waals surface area contributed by atoms with Crippen molar-refractivity contribution in [1.29, 1.82) is 5.26 Å². The van der Waals surface area contributed by atoms with Crippen LogP contribution in [0.15, 0.2) is 35.3 Å². The van der Waals surface area contributed by atoms with Gasteiger partial charge in [0.15, 0.2) is 5.65 Å². The molecule has 7 nitrogen and oxygen atoms in total. The summed E-state index contributed by atoms with van der Waals surface area (Å²) < 4.78 is 18.0. The number of hydrogen-bond donors (Lipinski definition) is 0. The van der Waals surface area contributed by atoms with E-state index in [2.05, 4.69) is 41.6 Å². The fraction of sp³-hybridized carbons (Fsp3) is 0.480. The molecule has 1 saturated heterocycles. The lowest BCUT2D eigenvalue weighted by Gasteiger charge is -2.48. The van der Waals surface area contributed by atoms with E-state index in [1.165, 1.54) is 4.68 Å². The summed E-state index contributed by atoms with van der Waals surface area (Å²) in [4.78, 5) is 22.0. The molecule has 4 rings (SSSR count). The molecule has 1 fully saturated rings. The Labute approximate surface area is 193 Å². The number of rotatable bonds is 5. The average Bonchev–Trinajstić information content (AvgIpc) is 3.20. The van der Waals surface area contributed by atoms with Crippen LogP contribution in [0.25, 0.3) is 5.65 Å². The van der Waals surface area contributed by atoms with E-state index in [0.717, 1.165) is 24.2 Å². The monoisotopic (exact) mass is 450 g/mol. The van der Waals surface area contributed by atoms with E-state index in [9.17, 15) is 9.18 Å². The summed E-state index contributed by atoms with van der Waals surface area (Å²) in [5.74, 6) is -0.164. The molecule has 1 aliphatic rings. The number of fused-ring (bicyclic) bond motifs is 1. The van der Waals surface area contributed by atoms with Crippen LogP contribution in [-0.4, -0.2) is 44.3 Å². The molecule has 0 bridgehead atoms. The Morgan fingerprint density at radius 3 is 2.73 bits per heavy atom. The Kier molecular flexibility index (Phi) is 6.26. The maximum absolute atomic E-state index is 14.7. The lowest BCUT2D eigenvalue weighted by Crippen LogP contribution is -2.58. The van der Waals surface area contributed by atoms with E-state index < -0.39 is 0 Å². The molecule has 0 spiro atoms. The first-order chi connectivity index (χ1) is 15.7. The van der Waals surface area contributed by atoms with Crippen molar-refractivity contribution in [3.8, 4) is 6.07 Å². The molecule has 0 amide bonds. The smallest absolute Gasteiger partial charge is 0.267 e. The molecule has 1 aliphatic heterocycles. The van der Waals surface area contributed by atoms with Gasteiger partial charge < -0.3 is 4.90 Å². The Morgan fingerprint density at radius 1 is 1.30 bits per heavy atom. The molecule has 0 aliphatic carbocycles. The molecule has 3 heterocycles. The van der Waals surface area contributed by atoms with E-state index in [0.29, 0.717) is 23.4 Å². The number of nitriles is 1. The average molecular weight is 451 g/mol. The molecule has 174 valence electrons. The number of hydrogen-bond acceptors (Lipinski definition) is 5. The number of halogens is 1. The van der Waals surface area contributed by atoms with Crippen molar-refractivity contribution in [3.63, 3.8) is 0 Å². The quantitative estimate of drug-likeness (QED) is 0.594. The summed E-state index contributed by atoms with van der Waals surface area (Å²) in [6.45, 7) is 9.68. The summed E-state index contributed by atoms with van der Waals surface area (Å²) in [5, 5.41) is 9.09. The molecule has 0 radical (unpaired) electrons. The highest BCUT2D eigenvalue weighted by molar-refractivity contribution is 5.69. The van der Waals surface area contributed by atoms with Crippen LogP contribution in [0.1, 0.15) is 50.1 Å². The van der Waals surface area contributed by atoms with E-state index >= 15 is 0 Å². The van der Waals surface area contributed by atoms with E-state index in [1.807, 2.05) is 19.1 Å². The first kappa shape index (κ1) is 23.0. The molecule has 8 heteroatoms. The molecule has 3 aromatic rings. The summed E-state index contributed by atoms with van der Waals surface area (Å²) >= 11 is 0. The SMILES string of the molecule is CC[C@@H]1CN(c2cc(=O)n(C)n3cc(CC#N)nc23)[C@@H](C)CN1C(C)c1ccc(C)cc1F. The Morgan fingerprint density at radius 2 is 2.06 bits per heavy atom. The van der Waals surface area contributed by atoms with Gasteiger partial charge in [0.25, 0.3) is 5.56 Å². The topological polar surface area (TPSA) is 69.6 Å². The minimum absolute atomic E-state index is 0.0579. The minimum atomic E-state index is -0.164. The van der Waals surface area contributed by atoms with Gasteiger partial charge in [0.05, 0.1) is 30.1 Å². The van der Waals surface area contributed by atoms with Gasteiger partial charge in [-0.15, -0.1) is 0 Å². The van der Waals surface area contributed by atoms with Crippen LogP contribution < -0.4 is 10.5 Å². The molecule has 2 aromatic heterocycles. The van der Waals surface area contributed by atoms with Crippen LogP contribution in [0.4, 0.5) is 10.1 Å². The highest BCUT2D eigenvalue weighted by Gasteiger charge is 2.35. The second-order valence-electron chi connectivity index (χ2n) is 9.09. The summed E-state index contributed by atoms with van der Waals surface area (Å²) in [7, 11) is 1.70. The number of nitrogens with zero attached hydrogens (tertiary/aromatic N) is 6. The second-order valence-corrected chi connectivity index (χ2v) is 9.09. The third kappa shape index (κ3) is 4.13. The van der Waals surface area contributed by atoms with Crippen LogP contribution in [0, 0.1) is 24.1 Å². The van der Waals surface area contributed by atoms with Crippen LogP contribution in [0.3, 0.4) is 0 Å². The number of imidazole rings is 1. The van der Waals surface area contributed by atoms with Gasteiger partial charge in [-0.1, -0.05) is 19.1 Å². The predicted octanol–water partition coefficient (Wildman–Crippen LogP) is 3.60. The summed E-state index contributed by atoms with van der Waals surface area (Å²) in [6.07, 6.45) is 2.84. The van der Waals surface area contributed by atoms with Crippen molar-refractivity contribution < 1.29 is 4.39 Å². The first-order valence-corrected chi connectivity index (χ1v) is 11.5. The number of aromatic nitrogens is 3. The predicted molar refractivity (Wildman–Crippen MR) is 127 cm³/mol. The Bertz CT molecular complexity index is 1270. The Hall–Kier alpha value is -3.18. The number of piperazine rings is 1. The van der Waals surface area contributed by atoms with E-state index in [-0.39, 0.29) is 35.9 Å². The van der Waals surface area contributed by atoms with Gasteiger partial charge in [-0.05, 0) is 38.8 Å². The molecule has 0 N–H and O–H groups in total. The zero-order chi connectivity index (χ0) is 23.9. The van der Waals surface area contributed by atoms with Crippen molar-refractivity contribution in [1.82, 2.24) is 19.1 Å². The molecule has 1 aromatic carbocycles. The second kappa shape index (κ2) is 8.99. The van der Waals surface area contributed by atoms with Crippen molar-refractivity contribution in [2.24, 2.45) is 7.05 Å². The zero-order valence-corrected chi connectivity index (χ0v) is 19.9. The van der Waals surface area contributed by atoms with E-state index in [4.69, 9.17) is 5.26 Å². The standard InChI is InChI=1S/C25H31FN6O/c1-6-20-15-30(17(3)13-31(20)18(4)21-8-7-16(2)11-22(21)26)23-12-24(33)29(5)32-14-19(9-10-27)28-25(23)32/h7-8,11-12,14,17-18,20H,6,9,13,15H2,1-5H3/t17-,18?,20+/m0/s1. The van der Waals surface area contributed by atoms with Gasteiger partial charge in [0, 0.05) is 49.9 Å². The normalized spacial score (nSPS) is 20.2. The highest BCUT2D eigenvalue weighted by atomic mass is 19.1. The summed E-state index contributed by atoms with van der Waals surface area (Å²) in [5.41, 5.74) is 3.60. The number of benzene rings is 1. The van der Waals surface area contributed by atoms with E-state index in [1.54, 1.807) is 29.9 Å². The van der Waals surface area contributed by atoms with Gasteiger partial charge >= 0.3 is 0 Å². The maximum atomic E-state index is 14.7. The van der Waals surface area contributed by atoms with Crippen LogP contribution in [-0.2, 0) is 13.5 Å². The first-order valence-electron chi connectivity index (χ1n) is 11.5. The fourth-order valence-electron chi connectivity index (χ4n) is 4.97. The van der Waals surface area contributed by atoms with Gasteiger partial charge in [0.1, 0.15) is 5.82 Å². The minimum Gasteiger partial charge on any atom is -0.363 e. The van der Waals surface area contributed by atoms with Crippen molar-refractivity contribution in [2.45, 2.75) is 58.7 Å². The molecule has 1 unspecified atom stereocenters. The van der Waals surface area contributed by atoms with Crippen LogP contribution in [0.2, 0.25) is 0 Å². The largest absolute Gasteiger partial charge is 0.363 e. The van der Waals surface area contributed by atoms with Gasteiger partial charge in [-0.2, -0.15) is 5.26 Å². The van der Waals surface area contributed by atoms with Crippen LogP contribution >= 0.6 is 0 Å². The molecular weight excluding hydrogens is 419 g/mol. The van der Waals surface area contributed by atoms with Crippen molar-refractivity contribution >= 4 is 11.3 Å². The zero-order valence-electron chi connectivity index (χ0n) is 19.9. The molecule has 33 heavy (non-hydrogen) atoms. The molecule has 3 atom stereocenters. The lowest BCUT2D eigenvalue weighted by atomic mass is 9.97.